The van der Waals surface area contributed by atoms with Crippen LogP contribution in [0.25, 0.3) is 0 Å². The number of carbonyl (C=O) groups is 1. The third-order valence-corrected chi connectivity index (χ3v) is 2.90. The highest BCUT2D eigenvalue weighted by Gasteiger charge is 2.16. The van der Waals surface area contributed by atoms with Gasteiger partial charge in [-0.3, -0.25) is 4.79 Å². The highest BCUT2D eigenvalue weighted by molar-refractivity contribution is 6.93. The smallest absolute Gasteiger partial charge is 0.262 e. The molecule has 1 aromatic rings. The first kappa shape index (κ1) is 13.5. The van der Waals surface area contributed by atoms with Crippen LogP contribution >= 0.6 is 23.2 Å². The first-order valence-corrected chi connectivity index (χ1v) is 6.26. The van der Waals surface area contributed by atoms with E-state index in [1.54, 1.807) is 5.56 Å². The Morgan fingerprint density at radius 2 is 1.56 bits per heavy atom. The second kappa shape index (κ2) is 6.93. The van der Waals surface area contributed by atoms with Gasteiger partial charge in [0.1, 0.15) is 0 Å². The minimum atomic E-state index is -0.889. The maximum Gasteiger partial charge on any atom is 0.313 e. The third-order valence-electron chi connectivity index (χ3n) is 2.90. The molecule has 1 fully saturated rings. The van der Waals surface area contributed by atoms with Crippen LogP contribution in [0, 0.1) is 6.92 Å². The zero-order valence-corrected chi connectivity index (χ0v) is 10.9. The molecule has 0 saturated heterocycles. The van der Waals surface area contributed by atoms with Crippen LogP contribution < -0.4 is 0 Å². The van der Waals surface area contributed by atoms with Gasteiger partial charge in [0.25, 0.3) is 0 Å². The van der Waals surface area contributed by atoms with Crippen molar-refractivity contribution in [2.75, 3.05) is 0 Å². The van der Waals surface area contributed by atoms with Crippen molar-refractivity contribution in [3.05, 3.63) is 35.4 Å². The van der Waals surface area contributed by atoms with Gasteiger partial charge in [0.2, 0.25) is 0 Å². The summed E-state index contributed by atoms with van der Waals surface area (Å²) in [6.07, 6.45) is 5.67. The first-order valence-electron chi connectivity index (χ1n) is 5.51. The van der Waals surface area contributed by atoms with Gasteiger partial charge in [-0.1, -0.05) is 42.7 Å². The molecule has 0 N–H and O–H groups in total. The van der Waals surface area contributed by atoms with Gasteiger partial charge in [-0.05, 0) is 54.4 Å². The van der Waals surface area contributed by atoms with Crippen molar-refractivity contribution in [3.8, 4) is 0 Å². The van der Waals surface area contributed by atoms with Gasteiger partial charge in [-0.15, -0.1) is 0 Å². The predicted octanol–water partition coefficient (Wildman–Crippen LogP) is 5.24. The fourth-order valence-corrected chi connectivity index (χ4v) is 2.10. The van der Waals surface area contributed by atoms with Gasteiger partial charge in [0, 0.05) is 0 Å². The summed E-state index contributed by atoms with van der Waals surface area (Å²) in [5.41, 5.74) is 2.93. The summed E-state index contributed by atoms with van der Waals surface area (Å²) in [6, 6.07) is 9.05. The maximum absolute atomic E-state index is 8.98. The molecule has 1 aliphatic carbocycles. The number of benzene rings is 1. The molecule has 3 heteroatoms. The summed E-state index contributed by atoms with van der Waals surface area (Å²) >= 11 is 8.80. The standard InChI is InChI=1S/C12H16.CCl2O/c1-10-6-8-12(9-7-10)11-4-2-3-5-11;2-1(3)4/h6-9,11H,2-5H2,1H3;. The number of carbonyl (C=O) groups excluding carboxylic acids is 1. The van der Waals surface area contributed by atoms with E-state index in [9.17, 15) is 0 Å². The summed E-state index contributed by atoms with van der Waals surface area (Å²) in [6.45, 7) is 2.15. The normalized spacial score (nSPS) is 15.4. The second-order valence-corrected chi connectivity index (χ2v) is 5.00. The topological polar surface area (TPSA) is 17.1 Å². The molecular formula is C13H16Cl2O. The molecule has 0 bridgehead atoms. The van der Waals surface area contributed by atoms with Crippen molar-refractivity contribution >= 4 is 27.9 Å². The lowest BCUT2D eigenvalue weighted by atomic mass is 9.97. The fourth-order valence-electron chi connectivity index (χ4n) is 2.10. The molecule has 0 radical (unpaired) electrons. The average molecular weight is 259 g/mol. The molecule has 1 saturated carbocycles. The molecule has 1 aliphatic rings. The van der Waals surface area contributed by atoms with E-state index in [0.29, 0.717) is 0 Å². The molecule has 0 heterocycles. The van der Waals surface area contributed by atoms with Crippen LogP contribution in [0.1, 0.15) is 42.7 Å². The fraction of sp³-hybridized carbons (Fsp3) is 0.462. The molecule has 1 nitrogen and oxygen atoms in total. The van der Waals surface area contributed by atoms with E-state index in [1.165, 1.54) is 31.2 Å². The molecule has 0 atom stereocenters. The monoisotopic (exact) mass is 258 g/mol. The Labute approximate surface area is 107 Å². The van der Waals surface area contributed by atoms with Crippen LogP contribution in [0.5, 0.6) is 0 Å². The predicted molar refractivity (Wildman–Crippen MR) is 69.5 cm³/mol. The molecule has 0 amide bonds. The molecule has 1 aromatic carbocycles. The van der Waals surface area contributed by atoms with Gasteiger partial charge in [0.15, 0.2) is 0 Å². The minimum absolute atomic E-state index is 0.866. The summed E-state index contributed by atoms with van der Waals surface area (Å²) < 4.78 is -0.889. The minimum Gasteiger partial charge on any atom is -0.262 e. The number of rotatable bonds is 1. The molecule has 0 unspecified atom stereocenters. The Bertz CT molecular complexity index is 322. The number of halogens is 2. The lowest BCUT2D eigenvalue weighted by Gasteiger charge is -2.08. The Balaban J connectivity index is 0.000000280. The first-order chi connectivity index (χ1) is 7.59. The van der Waals surface area contributed by atoms with Gasteiger partial charge in [0.05, 0.1) is 0 Å². The number of hydrogen-bond donors (Lipinski definition) is 0. The van der Waals surface area contributed by atoms with Crippen LogP contribution in [-0.4, -0.2) is 4.70 Å². The molecule has 88 valence electrons. The van der Waals surface area contributed by atoms with E-state index in [-0.39, 0.29) is 0 Å². The van der Waals surface area contributed by atoms with E-state index in [1.807, 2.05) is 0 Å². The SMILES string of the molecule is Cc1ccc(C2CCCC2)cc1.O=C(Cl)Cl. The van der Waals surface area contributed by atoms with Gasteiger partial charge >= 0.3 is 4.70 Å². The largest absolute Gasteiger partial charge is 0.313 e. The number of hydrogen-bond acceptors (Lipinski definition) is 1. The molecule has 0 aliphatic heterocycles. The highest BCUT2D eigenvalue weighted by atomic mass is 35.5. The average Bonchev–Trinajstić information content (AvgIpc) is 2.71. The second-order valence-electron chi connectivity index (χ2n) is 4.12. The molecule has 0 aromatic heterocycles. The van der Waals surface area contributed by atoms with Crippen molar-refractivity contribution < 1.29 is 4.79 Å². The zero-order chi connectivity index (χ0) is 12.0. The maximum atomic E-state index is 8.98. The van der Waals surface area contributed by atoms with Crippen molar-refractivity contribution in [2.45, 2.75) is 38.5 Å². The third kappa shape index (κ3) is 5.00. The quantitative estimate of drug-likeness (QED) is 0.630. The van der Waals surface area contributed by atoms with Crippen molar-refractivity contribution in [1.29, 1.82) is 0 Å². The lowest BCUT2D eigenvalue weighted by molar-refractivity contribution is 0.275. The Morgan fingerprint density at radius 1 is 1.12 bits per heavy atom. The van der Waals surface area contributed by atoms with Crippen LogP contribution in [0.15, 0.2) is 24.3 Å². The van der Waals surface area contributed by atoms with Crippen molar-refractivity contribution in [3.63, 3.8) is 0 Å². The molecule has 2 rings (SSSR count). The molecule has 0 spiro atoms. The molecular weight excluding hydrogens is 243 g/mol. The van der Waals surface area contributed by atoms with E-state index in [4.69, 9.17) is 4.79 Å². The Morgan fingerprint density at radius 3 is 2.00 bits per heavy atom. The summed E-state index contributed by atoms with van der Waals surface area (Å²) in [5.74, 6) is 0.866. The van der Waals surface area contributed by atoms with Crippen molar-refractivity contribution in [2.24, 2.45) is 0 Å². The van der Waals surface area contributed by atoms with Crippen LogP contribution in [0.3, 0.4) is 0 Å². The summed E-state index contributed by atoms with van der Waals surface area (Å²) in [5, 5.41) is 0. The summed E-state index contributed by atoms with van der Waals surface area (Å²) in [7, 11) is 0. The molecule has 16 heavy (non-hydrogen) atoms. The number of aryl methyl sites for hydroxylation is 1. The summed E-state index contributed by atoms with van der Waals surface area (Å²) in [4.78, 5) is 8.98. The van der Waals surface area contributed by atoms with Crippen LogP contribution in [0.4, 0.5) is 4.79 Å². The van der Waals surface area contributed by atoms with E-state index < -0.39 is 4.70 Å². The zero-order valence-electron chi connectivity index (χ0n) is 9.38. The van der Waals surface area contributed by atoms with Crippen LogP contribution in [0.2, 0.25) is 0 Å². The Hall–Kier alpha value is -0.530. The highest BCUT2D eigenvalue weighted by Crippen LogP contribution is 2.33. The van der Waals surface area contributed by atoms with Crippen LogP contribution in [-0.2, 0) is 0 Å². The van der Waals surface area contributed by atoms with Crippen molar-refractivity contribution in [1.82, 2.24) is 0 Å². The Kier molecular flexibility index (Phi) is 5.86. The van der Waals surface area contributed by atoms with Gasteiger partial charge < -0.3 is 0 Å². The van der Waals surface area contributed by atoms with Gasteiger partial charge in [-0.2, -0.15) is 0 Å². The van der Waals surface area contributed by atoms with E-state index in [0.717, 1.165) is 5.92 Å². The van der Waals surface area contributed by atoms with E-state index in [2.05, 4.69) is 54.4 Å². The van der Waals surface area contributed by atoms with E-state index >= 15 is 0 Å². The lowest BCUT2D eigenvalue weighted by Crippen LogP contribution is -1.90. The van der Waals surface area contributed by atoms with Gasteiger partial charge in [-0.25, -0.2) is 0 Å².